The van der Waals surface area contributed by atoms with E-state index in [1.165, 1.54) is 0 Å². The average Bonchev–Trinajstić information content (AvgIpc) is 2.99. The summed E-state index contributed by atoms with van der Waals surface area (Å²) in [7, 11) is 2.10. The molecule has 3 rings (SSSR count). The van der Waals surface area contributed by atoms with Crippen molar-refractivity contribution in [2.24, 2.45) is 0 Å². The highest BCUT2D eigenvalue weighted by atomic mass is 35.5. The first-order valence-corrected chi connectivity index (χ1v) is 7.29. The molecule has 0 N–H and O–H groups in total. The molecule has 0 spiro atoms. The molecular weight excluding hydrogens is 288 g/mol. The van der Waals surface area contributed by atoms with Crippen LogP contribution >= 0.6 is 11.6 Å². The van der Waals surface area contributed by atoms with Crippen molar-refractivity contribution >= 4 is 17.5 Å². The topological polar surface area (TPSA) is 58.0 Å². The standard InChI is InChI=1S/C14H17ClN6/c1-20(10-13-16-4-2-5-17-13)12-3-6-21(9-12)14-18-7-11(15)8-19-14/h2,4-5,7-8,12H,3,6,9-10H2,1H3/t12-/m1/s1. The first-order chi connectivity index (χ1) is 10.2. The van der Waals surface area contributed by atoms with Gasteiger partial charge in [-0.05, 0) is 19.5 Å². The third kappa shape index (κ3) is 3.46. The van der Waals surface area contributed by atoms with Gasteiger partial charge in [-0.1, -0.05) is 11.6 Å². The van der Waals surface area contributed by atoms with Gasteiger partial charge in [0.25, 0.3) is 0 Å². The van der Waals surface area contributed by atoms with Crippen LogP contribution in [0.15, 0.2) is 30.9 Å². The minimum atomic E-state index is 0.452. The number of halogens is 1. The fourth-order valence-corrected chi connectivity index (χ4v) is 2.61. The Labute approximate surface area is 128 Å². The molecule has 1 aliphatic rings. The summed E-state index contributed by atoms with van der Waals surface area (Å²) in [5, 5.41) is 0.563. The Bertz CT molecular complexity index is 576. The van der Waals surface area contributed by atoms with Crippen LogP contribution in [0.4, 0.5) is 5.95 Å². The quantitative estimate of drug-likeness (QED) is 0.856. The molecule has 1 fully saturated rings. The molecule has 1 aliphatic heterocycles. The lowest BCUT2D eigenvalue weighted by Gasteiger charge is -2.23. The second-order valence-electron chi connectivity index (χ2n) is 5.17. The van der Waals surface area contributed by atoms with Crippen molar-refractivity contribution in [2.45, 2.75) is 19.0 Å². The fraction of sp³-hybridized carbons (Fsp3) is 0.429. The Morgan fingerprint density at radius 3 is 2.67 bits per heavy atom. The second-order valence-corrected chi connectivity index (χ2v) is 5.61. The Morgan fingerprint density at radius 1 is 1.24 bits per heavy atom. The Hall–Kier alpha value is -1.79. The van der Waals surface area contributed by atoms with Crippen molar-refractivity contribution < 1.29 is 0 Å². The fourth-order valence-electron chi connectivity index (χ4n) is 2.52. The summed E-state index contributed by atoms with van der Waals surface area (Å²) in [6, 6.07) is 2.28. The SMILES string of the molecule is CN(Cc1ncccn1)[C@@H]1CCN(c2ncc(Cl)cn2)C1. The molecule has 110 valence electrons. The number of nitrogens with zero attached hydrogens (tertiary/aromatic N) is 6. The van der Waals surface area contributed by atoms with Crippen molar-refractivity contribution in [3.05, 3.63) is 41.7 Å². The van der Waals surface area contributed by atoms with Crippen LogP contribution in [-0.4, -0.2) is 51.0 Å². The monoisotopic (exact) mass is 304 g/mol. The lowest BCUT2D eigenvalue weighted by atomic mass is 10.2. The van der Waals surface area contributed by atoms with Crippen LogP contribution in [0.2, 0.25) is 5.02 Å². The average molecular weight is 305 g/mol. The zero-order valence-electron chi connectivity index (χ0n) is 11.9. The molecule has 2 aromatic heterocycles. The maximum Gasteiger partial charge on any atom is 0.225 e. The Kier molecular flexibility index (Phi) is 4.26. The van der Waals surface area contributed by atoms with Crippen LogP contribution in [0, 0.1) is 0 Å². The van der Waals surface area contributed by atoms with Crippen LogP contribution in [0.25, 0.3) is 0 Å². The largest absolute Gasteiger partial charge is 0.339 e. The smallest absolute Gasteiger partial charge is 0.225 e. The van der Waals surface area contributed by atoms with Gasteiger partial charge in [0.2, 0.25) is 5.95 Å². The van der Waals surface area contributed by atoms with Crippen molar-refractivity contribution in [3.63, 3.8) is 0 Å². The van der Waals surface area contributed by atoms with Crippen LogP contribution in [-0.2, 0) is 6.54 Å². The number of hydrogen-bond acceptors (Lipinski definition) is 6. The van der Waals surface area contributed by atoms with E-state index in [4.69, 9.17) is 11.6 Å². The first-order valence-electron chi connectivity index (χ1n) is 6.91. The molecule has 0 saturated carbocycles. The third-order valence-electron chi connectivity index (χ3n) is 3.69. The van der Waals surface area contributed by atoms with Gasteiger partial charge < -0.3 is 4.90 Å². The van der Waals surface area contributed by atoms with E-state index in [0.29, 0.717) is 11.1 Å². The summed E-state index contributed by atoms with van der Waals surface area (Å²) in [6.45, 7) is 2.61. The molecule has 1 atom stereocenters. The van der Waals surface area contributed by atoms with Gasteiger partial charge in [-0.3, -0.25) is 4.90 Å². The molecule has 0 aliphatic carbocycles. The van der Waals surface area contributed by atoms with Crippen LogP contribution in [0.3, 0.4) is 0 Å². The van der Waals surface area contributed by atoms with E-state index in [1.807, 2.05) is 6.07 Å². The molecule has 0 bridgehead atoms. The summed E-state index contributed by atoms with van der Waals surface area (Å²) >= 11 is 5.82. The number of rotatable bonds is 4. The maximum absolute atomic E-state index is 5.82. The first kappa shape index (κ1) is 14.2. The molecule has 7 heteroatoms. The molecule has 21 heavy (non-hydrogen) atoms. The predicted octanol–water partition coefficient (Wildman–Crippen LogP) is 1.63. The highest BCUT2D eigenvalue weighted by Gasteiger charge is 2.27. The number of likely N-dealkylation sites (N-methyl/N-ethyl adjacent to an activating group) is 1. The van der Waals surface area contributed by atoms with Gasteiger partial charge in [0, 0.05) is 31.5 Å². The summed E-state index contributed by atoms with van der Waals surface area (Å²) in [4.78, 5) is 21.6. The van der Waals surface area contributed by atoms with E-state index in [1.54, 1.807) is 24.8 Å². The number of hydrogen-bond donors (Lipinski definition) is 0. The van der Waals surface area contributed by atoms with E-state index in [-0.39, 0.29) is 0 Å². The third-order valence-corrected chi connectivity index (χ3v) is 3.88. The van der Waals surface area contributed by atoms with Gasteiger partial charge in [-0.15, -0.1) is 0 Å². The van der Waals surface area contributed by atoms with Crippen LogP contribution in [0.1, 0.15) is 12.2 Å². The van der Waals surface area contributed by atoms with Gasteiger partial charge in [-0.2, -0.15) is 0 Å². The highest BCUT2D eigenvalue weighted by Crippen LogP contribution is 2.20. The van der Waals surface area contributed by atoms with Gasteiger partial charge in [0.1, 0.15) is 5.82 Å². The van der Waals surface area contributed by atoms with Crippen molar-refractivity contribution in [1.29, 1.82) is 0 Å². The molecule has 3 heterocycles. The van der Waals surface area contributed by atoms with Crippen molar-refractivity contribution in [1.82, 2.24) is 24.8 Å². The van der Waals surface area contributed by atoms with Crippen molar-refractivity contribution in [2.75, 3.05) is 25.0 Å². The van der Waals surface area contributed by atoms with Gasteiger partial charge in [0.15, 0.2) is 0 Å². The van der Waals surface area contributed by atoms with E-state index < -0.39 is 0 Å². The van der Waals surface area contributed by atoms with Crippen LogP contribution < -0.4 is 4.90 Å². The summed E-state index contributed by atoms with van der Waals surface area (Å²) in [6.07, 6.45) is 7.91. The van der Waals surface area contributed by atoms with Gasteiger partial charge >= 0.3 is 0 Å². The second kappa shape index (κ2) is 6.32. The van der Waals surface area contributed by atoms with Gasteiger partial charge in [-0.25, -0.2) is 19.9 Å². The minimum absolute atomic E-state index is 0.452. The van der Waals surface area contributed by atoms with E-state index in [0.717, 1.165) is 37.8 Å². The summed E-state index contributed by atoms with van der Waals surface area (Å²) in [5.74, 6) is 1.59. The molecule has 0 aromatic carbocycles. The number of anilines is 1. The van der Waals surface area contributed by atoms with Crippen LogP contribution in [0.5, 0.6) is 0 Å². The van der Waals surface area contributed by atoms with E-state index in [2.05, 4.69) is 36.8 Å². The molecule has 0 unspecified atom stereocenters. The summed E-state index contributed by atoms with van der Waals surface area (Å²) in [5.41, 5.74) is 0. The zero-order chi connectivity index (χ0) is 14.7. The Balaban J connectivity index is 1.60. The summed E-state index contributed by atoms with van der Waals surface area (Å²) < 4.78 is 0. The maximum atomic E-state index is 5.82. The normalized spacial score (nSPS) is 18.4. The van der Waals surface area contributed by atoms with Crippen molar-refractivity contribution in [3.8, 4) is 0 Å². The minimum Gasteiger partial charge on any atom is -0.339 e. The number of aromatic nitrogens is 4. The molecule has 0 radical (unpaired) electrons. The molecule has 0 amide bonds. The predicted molar refractivity (Wildman–Crippen MR) is 81.2 cm³/mol. The van der Waals surface area contributed by atoms with Gasteiger partial charge in [0.05, 0.1) is 24.0 Å². The lowest BCUT2D eigenvalue weighted by Crippen LogP contribution is -2.35. The molecule has 6 nitrogen and oxygen atoms in total. The van der Waals surface area contributed by atoms with E-state index in [9.17, 15) is 0 Å². The lowest BCUT2D eigenvalue weighted by molar-refractivity contribution is 0.244. The highest BCUT2D eigenvalue weighted by molar-refractivity contribution is 6.30. The molecule has 1 saturated heterocycles. The Morgan fingerprint density at radius 2 is 1.95 bits per heavy atom. The molecular formula is C14H17ClN6. The zero-order valence-corrected chi connectivity index (χ0v) is 12.6. The van der Waals surface area contributed by atoms with E-state index >= 15 is 0 Å². The molecule has 2 aromatic rings.